The molecule has 0 amide bonds. The van der Waals surface area contributed by atoms with Crippen molar-refractivity contribution in [3.63, 3.8) is 0 Å². The first-order chi connectivity index (χ1) is 16.8. The Morgan fingerprint density at radius 2 is 1.37 bits per heavy atom. The van der Waals surface area contributed by atoms with Crippen LogP contribution in [-0.2, 0) is 28.2 Å². The van der Waals surface area contributed by atoms with Gasteiger partial charge in [-0.15, -0.1) is 6.42 Å². The maximum atomic E-state index is 12.1. The molecule has 0 spiro atoms. The molecule has 0 unspecified atom stereocenters. The van der Waals surface area contributed by atoms with Crippen LogP contribution in [0.1, 0.15) is 84.0 Å². The third kappa shape index (κ3) is 24.2. The van der Waals surface area contributed by atoms with E-state index in [0.717, 1.165) is 19.3 Å². The van der Waals surface area contributed by atoms with Gasteiger partial charge in [0.25, 0.3) is 0 Å². The molecule has 9 heteroatoms. The van der Waals surface area contributed by atoms with Gasteiger partial charge in [0.1, 0.15) is 6.61 Å². The minimum Gasteiger partial charge on any atom is -0.456 e. The van der Waals surface area contributed by atoms with Gasteiger partial charge >= 0.3 is 19.8 Å². The van der Waals surface area contributed by atoms with Crippen LogP contribution >= 0.6 is 7.82 Å². The summed E-state index contributed by atoms with van der Waals surface area (Å²) in [6.07, 6.45) is 16.4. The van der Waals surface area contributed by atoms with E-state index in [4.69, 9.17) is 25.7 Å². The molecule has 0 heterocycles. The number of esters is 2. The first-order valence-corrected chi connectivity index (χ1v) is 13.3. The number of phosphoric acid groups is 1. The van der Waals surface area contributed by atoms with Gasteiger partial charge in [0.15, 0.2) is 6.10 Å². The molecule has 0 radical (unpaired) electrons. The van der Waals surface area contributed by atoms with Gasteiger partial charge in [-0.1, -0.05) is 71.1 Å². The van der Waals surface area contributed by atoms with Crippen LogP contribution in [0.15, 0.2) is 0 Å². The Labute approximate surface area is 209 Å². The first-order valence-electron chi connectivity index (χ1n) is 11.8. The summed E-state index contributed by atoms with van der Waals surface area (Å²) < 4.78 is 25.3. The van der Waals surface area contributed by atoms with Crippen LogP contribution in [0.5, 0.6) is 0 Å². The summed E-state index contributed by atoms with van der Waals surface area (Å²) in [5, 5.41) is 0. The van der Waals surface area contributed by atoms with Crippen molar-refractivity contribution in [3.05, 3.63) is 0 Å². The molecule has 0 aromatic rings. The monoisotopic (exact) mass is 506 g/mol. The molecule has 0 aliphatic heterocycles. The van der Waals surface area contributed by atoms with Crippen LogP contribution in [0.4, 0.5) is 0 Å². The summed E-state index contributed by atoms with van der Waals surface area (Å²) in [6.45, 7) is 1.08. The maximum Gasteiger partial charge on any atom is 0.469 e. The van der Waals surface area contributed by atoms with Crippen molar-refractivity contribution in [1.82, 2.24) is 0 Å². The van der Waals surface area contributed by atoms with E-state index in [1.165, 1.54) is 44.9 Å². The predicted octanol–water partition coefficient (Wildman–Crippen LogP) is 3.90. The second-order valence-corrected chi connectivity index (χ2v) is 8.92. The van der Waals surface area contributed by atoms with E-state index >= 15 is 0 Å². The first kappa shape index (κ1) is 32.3. The summed E-state index contributed by atoms with van der Waals surface area (Å²) in [4.78, 5) is 41.5. The summed E-state index contributed by atoms with van der Waals surface area (Å²) in [6, 6.07) is 0. The highest BCUT2D eigenvalue weighted by Gasteiger charge is 2.22. The lowest BCUT2D eigenvalue weighted by atomic mass is 10.1. The fraction of sp³-hybridized carbons (Fsp3) is 0.615. The summed E-state index contributed by atoms with van der Waals surface area (Å²) in [5.41, 5.74) is 0. The number of terminal acetylenes is 1. The largest absolute Gasteiger partial charge is 0.469 e. The maximum absolute atomic E-state index is 12.1. The van der Waals surface area contributed by atoms with Crippen molar-refractivity contribution in [2.75, 3.05) is 13.2 Å². The van der Waals surface area contributed by atoms with E-state index in [0.29, 0.717) is 6.42 Å². The molecule has 0 bridgehead atoms. The Morgan fingerprint density at radius 1 is 0.829 bits per heavy atom. The quantitative estimate of drug-likeness (QED) is 0.0945. The standard InChI is InChI=1S/C26H35O8P/c1-3-5-7-9-11-12-13-14-15-17-19-21-26(28)34-24(23-33-35(29,30)31)22-32-25(27)20-18-16-10-8-6-4-2/h2,24H,3,5,7,9,11-15,17,19,21-23H2,1H3,(H2,29,30,31)/t24-/m1/s1. The fourth-order valence-corrected chi connectivity index (χ4v) is 3.25. The highest BCUT2D eigenvalue weighted by atomic mass is 31.2. The third-order valence-electron chi connectivity index (χ3n) is 4.60. The van der Waals surface area contributed by atoms with E-state index in [-0.39, 0.29) is 6.42 Å². The Balaban J connectivity index is 4.30. The number of unbranched alkanes of at least 4 members (excludes halogenated alkanes) is 10. The molecule has 1 atom stereocenters. The third-order valence-corrected chi connectivity index (χ3v) is 5.08. The molecule has 0 aliphatic rings. The van der Waals surface area contributed by atoms with Crippen molar-refractivity contribution >= 4 is 19.8 Å². The average molecular weight is 507 g/mol. The summed E-state index contributed by atoms with van der Waals surface area (Å²) in [7, 11) is -4.79. The van der Waals surface area contributed by atoms with Crippen LogP contribution in [0, 0.1) is 47.9 Å². The lowest BCUT2D eigenvalue weighted by molar-refractivity contribution is -0.158. The molecule has 8 nitrogen and oxygen atoms in total. The zero-order valence-corrected chi connectivity index (χ0v) is 21.2. The molecule has 192 valence electrons. The fourth-order valence-electron chi connectivity index (χ4n) is 2.89. The molecule has 0 aromatic heterocycles. The van der Waals surface area contributed by atoms with Gasteiger partial charge in [0.05, 0.1) is 6.61 Å². The zero-order chi connectivity index (χ0) is 26.2. The molecule has 35 heavy (non-hydrogen) atoms. The van der Waals surface area contributed by atoms with E-state index in [9.17, 15) is 14.2 Å². The van der Waals surface area contributed by atoms with Crippen LogP contribution in [0.3, 0.4) is 0 Å². The van der Waals surface area contributed by atoms with Gasteiger partial charge in [0, 0.05) is 12.3 Å². The lowest BCUT2D eigenvalue weighted by Crippen LogP contribution is -2.29. The molecule has 2 N–H and O–H groups in total. The van der Waals surface area contributed by atoms with Gasteiger partial charge in [-0.2, -0.15) is 0 Å². The van der Waals surface area contributed by atoms with Gasteiger partial charge in [-0.25, -0.2) is 9.36 Å². The van der Waals surface area contributed by atoms with E-state index < -0.39 is 39.1 Å². The van der Waals surface area contributed by atoms with Crippen molar-refractivity contribution < 1.29 is 37.9 Å². The lowest BCUT2D eigenvalue weighted by Gasteiger charge is -2.17. The van der Waals surface area contributed by atoms with Crippen LogP contribution < -0.4 is 0 Å². The van der Waals surface area contributed by atoms with Gasteiger partial charge < -0.3 is 19.3 Å². The molecule has 0 fully saturated rings. The van der Waals surface area contributed by atoms with Crippen LogP contribution in [0.2, 0.25) is 0 Å². The number of hydrogen-bond donors (Lipinski definition) is 2. The van der Waals surface area contributed by atoms with Crippen molar-refractivity contribution in [3.8, 4) is 47.9 Å². The minimum absolute atomic E-state index is 0.144. The molecule has 0 saturated heterocycles. The van der Waals surface area contributed by atoms with Crippen LogP contribution in [0.25, 0.3) is 0 Å². The number of rotatable bonds is 18. The van der Waals surface area contributed by atoms with Crippen molar-refractivity contribution in [2.45, 2.75) is 90.1 Å². The highest BCUT2D eigenvalue weighted by molar-refractivity contribution is 7.46. The summed E-state index contributed by atoms with van der Waals surface area (Å²) in [5.74, 6) is 13.9. The van der Waals surface area contributed by atoms with Gasteiger partial charge in [0.2, 0.25) is 0 Å². The summed E-state index contributed by atoms with van der Waals surface area (Å²) >= 11 is 0. The molecule has 0 rings (SSSR count). The van der Waals surface area contributed by atoms with Crippen LogP contribution in [-0.4, -0.2) is 41.0 Å². The predicted molar refractivity (Wildman–Crippen MR) is 132 cm³/mol. The molecule has 0 aliphatic carbocycles. The van der Waals surface area contributed by atoms with E-state index in [1.807, 2.05) is 0 Å². The Bertz CT molecular complexity index is 895. The van der Waals surface area contributed by atoms with Crippen molar-refractivity contribution in [1.29, 1.82) is 0 Å². The number of hydrogen-bond acceptors (Lipinski definition) is 6. The minimum atomic E-state index is -4.79. The zero-order valence-electron chi connectivity index (χ0n) is 20.3. The Hall–Kier alpha value is -2.71. The number of phosphoric ester groups is 1. The number of ether oxygens (including phenoxy) is 2. The molecule has 0 aromatic carbocycles. The van der Waals surface area contributed by atoms with E-state index in [1.54, 1.807) is 0 Å². The van der Waals surface area contributed by atoms with E-state index in [2.05, 4.69) is 52.9 Å². The molecule has 0 saturated carbocycles. The second-order valence-electron chi connectivity index (χ2n) is 7.68. The van der Waals surface area contributed by atoms with Gasteiger partial charge in [-0.05, 0) is 41.9 Å². The normalized spacial score (nSPS) is 10.8. The van der Waals surface area contributed by atoms with Crippen molar-refractivity contribution in [2.24, 2.45) is 0 Å². The number of carbonyl (C=O) groups is 2. The Morgan fingerprint density at radius 3 is 1.94 bits per heavy atom. The molecular weight excluding hydrogens is 471 g/mol. The number of carbonyl (C=O) groups excluding carboxylic acids is 2. The average Bonchev–Trinajstić information content (AvgIpc) is 2.81. The SMILES string of the molecule is C#CC#CC#CC#CC(=O)OC[C@H](COP(=O)(O)O)OC(=O)CCCCCCCCCCCCC. The Kier molecular flexibility index (Phi) is 20.1. The highest BCUT2D eigenvalue weighted by Crippen LogP contribution is 2.35. The topological polar surface area (TPSA) is 119 Å². The molecular formula is C26H35O8P. The smallest absolute Gasteiger partial charge is 0.456 e. The van der Waals surface area contributed by atoms with Gasteiger partial charge in [-0.3, -0.25) is 9.32 Å². The second kappa shape index (κ2) is 21.8.